The molecule has 0 saturated heterocycles. The summed E-state index contributed by atoms with van der Waals surface area (Å²) in [5.41, 5.74) is 0.965. The van der Waals surface area contributed by atoms with Crippen LogP contribution in [-0.2, 0) is 6.42 Å². The van der Waals surface area contributed by atoms with E-state index in [1.54, 1.807) is 6.07 Å². The lowest BCUT2D eigenvalue weighted by molar-refractivity contribution is 0.467. The van der Waals surface area contributed by atoms with Gasteiger partial charge in [0.05, 0.1) is 0 Å². The van der Waals surface area contributed by atoms with Crippen LogP contribution < -0.4 is 5.32 Å². The predicted octanol–water partition coefficient (Wildman–Crippen LogP) is 1.92. The highest BCUT2D eigenvalue weighted by atomic mass is 79.9. The van der Waals surface area contributed by atoms with Crippen LogP contribution in [0.3, 0.4) is 0 Å². The molecule has 0 amide bonds. The Kier molecular flexibility index (Phi) is 3.56. The first-order valence-corrected chi connectivity index (χ1v) is 4.66. The van der Waals surface area contributed by atoms with Gasteiger partial charge in [-0.2, -0.15) is 0 Å². The molecule has 0 radical (unpaired) electrons. The van der Waals surface area contributed by atoms with Crippen molar-refractivity contribution in [3.05, 3.63) is 28.2 Å². The minimum absolute atomic E-state index is 0.361. The summed E-state index contributed by atoms with van der Waals surface area (Å²) in [7, 11) is 1.90. The van der Waals surface area contributed by atoms with Crippen molar-refractivity contribution in [2.45, 2.75) is 6.42 Å². The number of benzene rings is 1. The molecule has 2 N–H and O–H groups in total. The van der Waals surface area contributed by atoms with Crippen LogP contribution in [0.4, 0.5) is 0 Å². The summed E-state index contributed by atoms with van der Waals surface area (Å²) in [5.74, 6) is 0.361. The van der Waals surface area contributed by atoms with Gasteiger partial charge in [-0.25, -0.2) is 0 Å². The van der Waals surface area contributed by atoms with E-state index in [0.29, 0.717) is 5.75 Å². The number of halogens is 1. The zero-order valence-corrected chi connectivity index (χ0v) is 8.56. The van der Waals surface area contributed by atoms with Crippen molar-refractivity contribution in [3.63, 3.8) is 0 Å². The largest absolute Gasteiger partial charge is 0.508 e. The molecule has 0 heterocycles. The summed E-state index contributed by atoms with van der Waals surface area (Å²) < 4.78 is 0.970. The molecule has 0 aliphatic carbocycles. The fourth-order valence-corrected chi connectivity index (χ4v) is 1.60. The monoisotopic (exact) mass is 229 g/mol. The first-order valence-electron chi connectivity index (χ1n) is 3.86. The Morgan fingerprint density at radius 3 is 2.83 bits per heavy atom. The Labute approximate surface area is 80.7 Å². The molecular formula is C9H12BrNO. The summed E-state index contributed by atoms with van der Waals surface area (Å²) >= 11 is 3.39. The number of phenols is 1. The third-order valence-electron chi connectivity index (χ3n) is 1.72. The molecule has 0 aromatic heterocycles. The van der Waals surface area contributed by atoms with Gasteiger partial charge in [0.1, 0.15) is 5.75 Å². The topological polar surface area (TPSA) is 32.3 Å². The van der Waals surface area contributed by atoms with Crippen LogP contribution >= 0.6 is 15.9 Å². The van der Waals surface area contributed by atoms with Crippen molar-refractivity contribution >= 4 is 15.9 Å². The summed E-state index contributed by atoms with van der Waals surface area (Å²) in [6.45, 7) is 0.871. The molecule has 1 aromatic carbocycles. The molecule has 12 heavy (non-hydrogen) atoms. The minimum Gasteiger partial charge on any atom is -0.508 e. The van der Waals surface area contributed by atoms with E-state index in [-0.39, 0.29) is 0 Å². The van der Waals surface area contributed by atoms with E-state index in [1.807, 2.05) is 19.2 Å². The quantitative estimate of drug-likeness (QED) is 0.831. The third-order valence-corrected chi connectivity index (χ3v) is 2.46. The maximum absolute atomic E-state index is 9.46. The predicted molar refractivity (Wildman–Crippen MR) is 53.4 cm³/mol. The maximum Gasteiger partial charge on any atom is 0.119 e. The Balaban J connectivity index is 2.81. The van der Waals surface area contributed by atoms with Crippen molar-refractivity contribution in [2.75, 3.05) is 13.6 Å². The molecule has 1 rings (SSSR count). The van der Waals surface area contributed by atoms with Gasteiger partial charge >= 0.3 is 0 Å². The van der Waals surface area contributed by atoms with Crippen molar-refractivity contribution in [2.24, 2.45) is 0 Å². The Hall–Kier alpha value is -0.540. The van der Waals surface area contributed by atoms with E-state index in [1.165, 1.54) is 0 Å². The van der Waals surface area contributed by atoms with Gasteiger partial charge in [0.15, 0.2) is 0 Å². The molecule has 0 aliphatic rings. The maximum atomic E-state index is 9.46. The SMILES string of the molecule is CNCCc1c(O)cccc1Br. The number of aromatic hydroxyl groups is 1. The molecule has 0 aliphatic heterocycles. The first-order chi connectivity index (χ1) is 5.75. The van der Waals surface area contributed by atoms with Crippen LogP contribution in [0, 0.1) is 0 Å². The third kappa shape index (κ3) is 2.22. The van der Waals surface area contributed by atoms with Crippen molar-refractivity contribution in [3.8, 4) is 5.75 Å². The number of nitrogens with one attached hydrogen (secondary N) is 1. The molecule has 0 saturated carbocycles. The molecule has 0 unspecified atom stereocenters. The number of hydrogen-bond donors (Lipinski definition) is 2. The van der Waals surface area contributed by atoms with Crippen LogP contribution in [-0.4, -0.2) is 18.7 Å². The molecule has 0 fully saturated rings. The Morgan fingerprint density at radius 2 is 2.25 bits per heavy atom. The van der Waals surface area contributed by atoms with Gasteiger partial charge in [-0.1, -0.05) is 22.0 Å². The van der Waals surface area contributed by atoms with Gasteiger partial charge in [-0.15, -0.1) is 0 Å². The van der Waals surface area contributed by atoms with Gasteiger partial charge in [0.25, 0.3) is 0 Å². The highest BCUT2D eigenvalue weighted by Crippen LogP contribution is 2.25. The normalized spacial score (nSPS) is 10.2. The van der Waals surface area contributed by atoms with E-state index in [9.17, 15) is 5.11 Å². The van der Waals surface area contributed by atoms with Crippen LogP contribution in [0.1, 0.15) is 5.56 Å². The second-order valence-electron chi connectivity index (χ2n) is 2.59. The Morgan fingerprint density at radius 1 is 1.50 bits per heavy atom. The highest BCUT2D eigenvalue weighted by molar-refractivity contribution is 9.10. The lowest BCUT2D eigenvalue weighted by Crippen LogP contribution is -2.10. The molecule has 1 aromatic rings. The van der Waals surface area contributed by atoms with Gasteiger partial charge < -0.3 is 10.4 Å². The molecule has 0 spiro atoms. The van der Waals surface area contributed by atoms with Crippen molar-refractivity contribution in [1.82, 2.24) is 5.32 Å². The van der Waals surface area contributed by atoms with Gasteiger partial charge in [-0.05, 0) is 32.1 Å². The zero-order valence-electron chi connectivity index (χ0n) is 6.97. The average Bonchev–Trinajstić information content (AvgIpc) is 2.04. The number of hydrogen-bond acceptors (Lipinski definition) is 2. The highest BCUT2D eigenvalue weighted by Gasteiger charge is 2.03. The molecule has 3 heteroatoms. The standard InChI is InChI=1S/C9H12BrNO/c1-11-6-5-7-8(10)3-2-4-9(7)12/h2-4,11-12H,5-6H2,1H3. The van der Waals surface area contributed by atoms with Crippen LogP contribution in [0.25, 0.3) is 0 Å². The number of phenolic OH excluding ortho intramolecular Hbond substituents is 1. The molecule has 66 valence electrons. The van der Waals surface area contributed by atoms with Crippen LogP contribution in [0.2, 0.25) is 0 Å². The molecule has 2 nitrogen and oxygen atoms in total. The van der Waals surface area contributed by atoms with Gasteiger partial charge in [0.2, 0.25) is 0 Å². The fraction of sp³-hybridized carbons (Fsp3) is 0.333. The number of rotatable bonds is 3. The summed E-state index contributed by atoms with van der Waals surface area (Å²) in [6.07, 6.45) is 0.837. The van der Waals surface area contributed by atoms with Crippen molar-refractivity contribution in [1.29, 1.82) is 0 Å². The number of likely N-dealkylation sites (N-methyl/N-ethyl adjacent to an activating group) is 1. The van der Waals surface area contributed by atoms with E-state index in [2.05, 4.69) is 21.2 Å². The summed E-state index contributed by atoms with van der Waals surface area (Å²) in [4.78, 5) is 0. The fourth-order valence-electron chi connectivity index (χ4n) is 1.04. The molecule has 0 bridgehead atoms. The van der Waals surface area contributed by atoms with Gasteiger partial charge in [-0.3, -0.25) is 0 Å². The van der Waals surface area contributed by atoms with E-state index in [0.717, 1.165) is 23.0 Å². The minimum atomic E-state index is 0.361. The summed E-state index contributed by atoms with van der Waals surface area (Å²) in [6, 6.07) is 5.46. The van der Waals surface area contributed by atoms with E-state index >= 15 is 0 Å². The first kappa shape index (κ1) is 9.55. The second kappa shape index (κ2) is 4.48. The Bertz CT molecular complexity index is 242. The molecule has 0 atom stereocenters. The van der Waals surface area contributed by atoms with E-state index in [4.69, 9.17) is 0 Å². The average molecular weight is 230 g/mol. The van der Waals surface area contributed by atoms with Gasteiger partial charge in [0, 0.05) is 10.0 Å². The smallest absolute Gasteiger partial charge is 0.119 e. The van der Waals surface area contributed by atoms with Crippen molar-refractivity contribution < 1.29 is 5.11 Å². The summed E-state index contributed by atoms with van der Waals surface area (Å²) in [5, 5.41) is 12.5. The lowest BCUT2D eigenvalue weighted by Gasteiger charge is -2.05. The molecular weight excluding hydrogens is 218 g/mol. The zero-order chi connectivity index (χ0) is 8.97. The van der Waals surface area contributed by atoms with Crippen LogP contribution in [0.5, 0.6) is 5.75 Å². The second-order valence-corrected chi connectivity index (χ2v) is 3.45. The lowest BCUT2D eigenvalue weighted by atomic mass is 10.1. The van der Waals surface area contributed by atoms with E-state index < -0.39 is 0 Å². The van der Waals surface area contributed by atoms with Crippen LogP contribution in [0.15, 0.2) is 22.7 Å².